The summed E-state index contributed by atoms with van der Waals surface area (Å²) in [7, 11) is 0. The number of carbonyl (C=O) groups excluding carboxylic acids is 2. The van der Waals surface area contributed by atoms with Crippen molar-refractivity contribution in [3.05, 3.63) is 106 Å². The Morgan fingerprint density at radius 1 is 0.933 bits per heavy atom. The Balaban J connectivity index is 1.72. The van der Waals surface area contributed by atoms with E-state index < -0.39 is 10.8 Å². The molecule has 0 aliphatic heterocycles. The van der Waals surface area contributed by atoms with Crippen molar-refractivity contribution in [3.8, 4) is 0 Å². The number of anilines is 1. The highest BCUT2D eigenvalue weighted by Gasteiger charge is 2.18. The standard InChI is InChI=1S/C23H21N3O4/c1-17-12-13-19(16-21(17)26(29)30)22(27)24-14-15-25(20-10-6-3-7-11-20)23(28)18-8-4-2-5-9-18/h2-13,16H,14-15H2,1H3,(H,24,27). The Hall–Kier alpha value is -4.00. The number of aryl methyl sites for hydroxylation is 1. The summed E-state index contributed by atoms with van der Waals surface area (Å²) in [6.07, 6.45) is 0. The lowest BCUT2D eigenvalue weighted by atomic mass is 10.1. The van der Waals surface area contributed by atoms with Crippen molar-refractivity contribution in [2.75, 3.05) is 18.0 Å². The monoisotopic (exact) mass is 403 g/mol. The normalized spacial score (nSPS) is 10.3. The van der Waals surface area contributed by atoms with Crippen molar-refractivity contribution in [3.63, 3.8) is 0 Å². The Morgan fingerprint density at radius 2 is 1.57 bits per heavy atom. The van der Waals surface area contributed by atoms with Gasteiger partial charge in [0.15, 0.2) is 0 Å². The molecule has 152 valence electrons. The molecule has 7 heteroatoms. The molecule has 0 fully saturated rings. The first-order chi connectivity index (χ1) is 14.5. The highest BCUT2D eigenvalue weighted by atomic mass is 16.6. The van der Waals surface area contributed by atoms with E-state index in [1.54, 1.807) is 48.2 Å². The van der Waals surface area contributed by atoms with Crippen molar-refractivity contribution >= 4 is 23.2 Å². The zero-order valence-electron chi connectivity index (χ0n) is 16.4. The molecule has 0 bridgehead atoms. The Labute approximate surface area is 174 Å². The largest absolute Gasteiger partial charge is 0.350 e. The molecule has 7 nitrogen and oxygen atoms in total. The van der Waals surface area contributed by atoms with Crippen LogP contribution < -0.4 is 10.2 Å². The molecule has 0 spiro atoms. The molecule has 0 saturated carbocycles. The van der Waals surface area contributed by atoms with Gasteiger partial charge in [0.1, 0.15) is 0 Å². The smallest absolute Gasteiger partial charge is 0.273 e. The second-order valence-corrected chi connectivity index (χ2v) is 6.67. The van der Waals surface area contributed by atoms with Gasteiger partial charge in [-0.25, -0.2) is 0 Å². The third kappa shape index (κ3) is 4.88. The average molecular weight is 403 g/mol. The molecule has 0 heterocycles. The Kier molecular flexibility index (Phi) is 6.54. The van der Waals surface area contributed by atoms with Gasteiger partial charge in [-0.3, -0.25) is 19.7 Å². The van der Waals surface area contributed by atoms with Gasteiger partial charge in [-0.05, 0) is 37.3 Å². The summed E-state index contributed by atoms with van der Waals surface area (Å²) in [5.74, 6) is -0.611. The third-order valence-electron chi connectivity index (χ3n) is 4.62. The van der Waals surface area contributed by atoms with Gasteiger partial charge < -0.3 is 10.2 Å². The molecular weight excluding hydrogens is 382 g/mol. The first kappa shape index (κ1) is 20.7. The van der Waals surface area contributed by atoms with Crippen molar-refractivity contribution in [1.82, 2.24) is 5.32 Å². The molecule has 2 amide bonds. The number of hydrogen-bond acceptors (Lipinski definition) is 4. The lowest BCUT2D eigenvalue weighted by molar-refractivity contribution is -0.385. The third-order valence-corrected chi connectivity index (χ3v) is 4.62. The predicted octanol–water partition coefficient (Wildman–Crippen LogP) is 3.98. The molecule has 0 aliphatic carbocycles. The molecule has 30 heavy (non-hydrogen) atoms. The van der Waals surface area contributed by atoms with Crippen LogP contribution in [0.15, 0.2) is 78.9 Å². The summed E-state index contributed by atoms with van der Waals surface area (Å²) in [6.45, 7) is 2.05. The number of nitrogens with zero attached hydrogens (tertiary/aromatic N) is 2. The lowest BCUT2D eigenvalue weighted by Gasteiger charge is -2.23. The first-order valence-corrected chi connectivity index (χ1v) is 9.42. The molecule has 3 aromatic carbocycles. The molecule has 0 aromatic heterocycles. The summed E-state index contributed by atoms with van der Waals surface area (Å²) in [6, 6.07) is 22.4. The number of nitrogens with one attached hydrogen (secondary N) is 1. The van der Waals surface area contributed by atoms with Crippen LogP contribution in [0.25, 0.3) is 0 Å². The van der Waals surface area contributed by atoms with Gasteiger partial charge in [-0.1, -0.05) is 42.5 Å². The predicted molar refractivity (Wildman–Crippen MR) is 115 cm³/mol. The van der Waals surface area contributed by atoms with Crippen molar-refractivity contribution in [1.29, 1.82) is 0 Å². The van der Waals surface area contributed by atoms with E-state index in [0.29, 0.717) is 16.8 Å². The highest BCUT2D eigenvalue weighted by Crippen LogP contribution is 2.19. The molecule has 0 radical (unpaired) electrons. The van der Waals surface area contributed by atoms with Gasteiger partial charge >= 0.3 is 0 Å². The van der Waals surface area contributed by atoms with E-state index in [1.807, 2.05) is 36.4 Å². The molecule has 3 rings (SSSR count). The summed E-state index contributed by atoms with van der Waals surface area (Å²) in [4.78, 5) is 37.6. The number of para-hydroxylation sites is 1. The number of rotatable bonds is 7. The topological polar surface area (TPSA) is 92.6 Å². The van der Waals surface area contributed by atoms with Crippen LogP contribution in [0.1, 0.15) is 26.3 Å². The summed E-state index contributed by atoms with van der Waals surface area (Å²) in [5, 5.41) is 13.8. The minimum absolute atomic E-state index is 0.104. The average Bonchev–Trinajstić information content (AvgIpc) is 2.77. The maximum atomic E-state index is 13.0. The van der Waals surface area contributed by atoms with Gasteiger partial charge in [-0.2, -0.15) is 0 Å². The fraction of sp³-hybridized carbons (Fsp3) is 0.130. The van der Waals surface area contributed by atoms with Crippen LogP contribution in [0.3, 0.4) is 0 Å². The molecule has 0 saturated heterocycles. The number of nitro groups is 1. The van der Waals surface area contributed by atoms with Gasteiger partial charge in [0.25, 0.3) is 17.5 Å². The van der Waals surface area contributed by atoms with Crippen LogP contribution in [-0.4, -0.2) is 29.8 Å². The van der Waals surface area contributed by atoms with Crippen LogP contribution in [0.4, 0.5) is 11.4 Å². The number of amides is 2. The summed E-state index contributed by atoms with van der Waals surface area (Å²) in [5.41, 5.74) is 1.84. The van der Waals surface area contributed by atoms with Crippen LogP contribution in [0.5, 0.6) is 0 Å². The van der Waals surface area contributed by atoms with E-state index in [2.05, 4.69) is 5.32 Å². The Morgan fingerprint density at radius 3 is 2.20 bits per heavy atom. The van der Waals surface area contributed by atoms with Crippen LogP contribution in [0, 0.1) is 17.0 Å². The van der Waals surface area contributed by atoms with Gasteiger partial charge in [0, 0.05) is 41.5 Å². The zero-order valence-corrected chi connectivity index (χ0v) is 16.4. The second kappa shape index (κ2) is 9.47. The quantitative estimate of drug-likeness (QED) is 0.477. The van der Waals surface area contributed by atoms with E-state index in [4.69, 9.17) is 0 Å². The number of nitro benzene ring substituents is 1. The van der Waals surface area contributed by atoms with Gasteiger partial charge in [0.05, 0.1) is 4.92 Å². The SMILES string of the molecule is Cc1ccc(C(=O)NCCN(C(=O)c2ccccc2)c2ccccc2)cc1[N+](=O)[O-]. The van der Waals surface area contributed by atoms with E-state index in [0.717, 1.165) is 0 Å². The summed E-state index contributed by atoms with van der Waals surface area (Å²) >= 11 is 0. The molecule has 0 aliphatic rings. The first-order valence-electron chi connectivity index (χ1n) is 9.42. The van der Waals surface area contributed by atoms with Crippen LogP contribution in [0.2, 0.25) is 0 Å². The molecule has 0 unspecified atom stereocenters. The maximum absolute atomic E-state index is 13.0. The van der Waals surface area contributed by atoms with E-state index in [9.17, 15) is 19.7 Å². The maximum Gasteiger partial charge on any atom is 0.273 e. The van der Waals surface area contributed by atoms with Crippen molar-refractivity contribution in [2.24, 2.45) is 0 Å². The van der Waals surface area contributed by atoms with E-state index in [-0.39, 0.29) is 30.2 Å². The van der Waals surface area contributed by atoms with E-state index in [1.165, 1.54) is 6.07 Å². The molecular formula is C23H21N3O4. The minimum Gasteiger partial charge on any atom is -0.350 e. The van der Waals surface area contributed by atoms with Crippen molar-refractivity contribution in [2.45, 2.75) is 6.92 Å². The Bertz CT molecular complexity index is 1050. The fourth-order valence-corrected chi connectivity index (χ4v) is 3.02. The number of hydrogen-bond donors (Lipinski definition) is 1. The molecule has 1 N–H and O–H groups in total. The van der Waals surface area contributed by atoms with Gasteiger partial charge in [-0.15, -0.1) is 0 Å². The van der Waals surface area contributed by atoms with Crippen LogP contribution in [-0.2, 0) is 0 Å². The number of benzene rings is 3. The van der Waals surface area contributed by atoms with Gasteiger partial charge in [0.2, 0.25) is 0 Å². The second-order valence-electron chi connectivity index (χ2n) is 6.67. The minimum atomic E-state index is -0.512. The summed E-state index contributed by atoms with van der Waals surface area (Å²) < 4.78 is 0. The molecule has 0 atom stereocenters. The fourth-order valence-electron chi connectivity index (χ4n) is 3.02. The van der Waals surface area contributed by atoms with Crippen LogP contribution >= 0.6 is 0 Å². The lowest BCUT2D eigenvalue weighted by Crippen LogP contribution is -2.38. The highest BCUT2D eigenvalue weighted by molar-refractivity contribution is 6.06. The zero-order chi connectivity index (χ0) is 21.5. The van der Waals surface area contributed by atoms with E-state index >= 15 is 0 Å². The molecule has 3 aromatic rings. The van der Waals surface area contributed by atoms with Crippen molar-refractivity contribution < 1.29 is 14.5 Å². The number of carbonyl (C=O) groups is 2.